The molecule has 2 aromatic rings. The van der Waals surface area contributed by atoms with Crippen LogP contribution in [0.15, 0.2) is 36.5 Å². The van der Waals surface area contributed by atoms with Gasteiger partial charge in [0, 0.05) is 36.4 Å². The van der Waals surface area contributed by atoms with Crippen molar-refractivity contribution in [3.05, 3.63) is 36.5 Å². The van der Waals surface area contributed by atoms with E-state index in [2.05, 4.69) is 34.1 Å². The maximum absolute atomic E-state index is 5.92. The molecule has 18 heavy (non-hydrogen) atoms. The van der Waals surface area contributed by atoms with Gasteiger partial charge in [-0.2, -0.15) is 0 Å². The number of para-hydroxylation sites is 1. The van der Waals surface area contributed by atoms with E-state index >= 15 is 0 Å². The van der Waals surface area contributed by atoms with Crippen LogP contribution in [0, 0.1) is 0 Å². The Morgan fingerprint density at radius 3 is 3.00 bits per heavy atom. The highest BCUT2D eigenvalue weighted by molar-refractivity contribution is 5.91. The fourth-order valence-electron chi connectivity index (χ4n) is 2.89. The molecule has 1 aromatic carbocycles. The van der Waals surface area contributed by atoms with Gasteiger partial charge in [-0.25, -0.2) is 0 Å². The minimum Gasteiger partial charge on any atom is -0.367 e. The largest absolute Gasteiger partial charge is 0.367 e. The summed E-state index contributed by atoms with van der Waals surface area (Å²) in [7, 11) is 0. The van der Waals surface area contributed by atoms with Crippen molar-refractivity contribution in [1.29, 1.82) is 0 Å². The molecule has 0 amide bonds. The van der Waals surface area contributed by atoms with Gasteiger partial charge in [0.05, 0.1) is 5.52 Å². The second kappa shape index (κ2) is 4.94. The van der Waals surface area contributed by atoms with E-state index in [9.17, 15) is 0 Å². The van der Waals surface area contributed by atoms with Crippen molar-refractivity contribution in [1.82, 2.24) is 4.98 Å². The van der Waals surface area contributed by atoms with Gasteiger partial charge in [-0.1, -0.05) is 18.2 Å². The smallest absolute Gasteiger partial charge is 0.0722 e. The molecule has 3 rings (SSSR count). The van der Waals surface area contributed by atoms with Crippen LogP contribution < -0.4 is 10.6 Å². The number of nitrogens with two attached hydrogens (primary N) is 1. The molecular weight excluding hydrogens is 222 g/mol. The normalized spacial score (nSPS) is 20.3. The van der Waals surface area contributed by atoms with E-state index in [1.165, 1.54) is 30.3 Å². The molecule has 0 aliphatic carbocycles. The Hall–Kier alpha value is -1.61. The summed E-state index contributed by atoms with van der Waals surface area (Å²) in [5.74, 6) is 0. The molecule has 1 saturated heterocycles. The number of rotatable bonds is 2. The molecule has 1 aliphatic rings. The van der Waals surface area contributed by atoms with Crippen LogP contribution in [-0.2, 0) is 0 Å². The van der Waals surface area contributed by atoms with Gasteiger partial charge in [0.2, 0.25) is 0 Å². The molecule has 0 radical (unpaired) electrons. The Kier molecular flexibility index (Phi) is 3.15. The summed E-state index contributed by atoms with van der Waals surface area (Å²) in [5, 5.41) is 1.24. The van der Waals surface area contributed by atoms with Gasteiger partial charge >= 0.3 is 0 Å². The quantitative estimate of drug-likeness (QED) is 0.878. The molecule has 3 heteroatoms. The Balaban J connectivity index is 2.07. The van der Waals surface area contributed by atoms with E-state index in [1.807, 2.05) is 12.3 Å². The van der Waals surface area contributed by atoms with E-state index < -0.39 is 0 Å². The molecule has 0 bridgehead atoms. The number of piperidine rings is 1. The molecule has 1 aromatic heterocycles. The monoisotopic (exact) mass is 241 g/mol. The minimum atomic E-state index is 0.476. The van der Waals surface area contributed by atoms with Gasteiger partial charge in [-0.05, 0) is 31.4 Å². The number of pyridine rings is 1. The molecule has 0 saturated carbocycles. The number of hydrogen-bond acceptors (Lipinski definition) is 3. The molecule has 1 fully saturated rings. The van der Waals surface area contributed by atoms with Gasteiger partial charge in [-0.3, -0.25) is 4.98 Å². The maximum Gasteiger partial charge on any atom is 0.0722 e. The van der Waals surface area contributed by atoms with E-state index in [-0.39, 0.29) is 0 Å². The highest BCUT2D eigenvalue weighted by Gasteiger charge is 2.22. The number of hydrogen-bond donors (Lipinski definition) is 1. The Morgan fingerprint density at radius 2 is 2.11 bits per heavy atom. The minimum absolute atomic E-state index is 0.476. The zero-order chi connectivity index (χ0) is 12.4. The summed E-state index contributed by atoms with van der Waals surface area (Å²) in [5.41, 5.74) is 8.27. The number of aromatic nitrogens is 1. The first-order valence-electron chi connectivity index (χ1n) is 6.70. The Morgan fingerprint density at radius 1 is 1.22 bits per heavy atom. The molecule has 3 nitrogen and oxygen atoms in total. The molecule has 94 valence electrons. The lowest BCUT2D eigenvalue weighted by Crippen LogP contribution is -2.44. The first-order valence-corrected chi connectivity index (χ1v) is 6.70. The van der Waals surface area contributed by atoms with Crippen LogP contribution in [-0.4, -0.2) is 24.1 Å². The lowest BCUT2D eigenvalue weighted by atomic mass is 10.0. The first kappa shape index (κ1) is 11.5. The third-order valence-corrected chi connectivity index (χ3v) is 3.83. The predicted octanol–water partition coefficient (Wildman–Crippen LogP) is 2.55. The first-order chi connectivity index (χ1) is 8.90. The van der Waals surface area contributed by atoms with E-state index in [0.29, 0.717) is 6.04 Å². The standard InChI is InChI=1S/C15H19N3/c16-11-12-5-3-4-10-18(12)15-8-9-17-14-7-2-1-6-13(14)15/h1-2,6-9,12H,3-5,10-11,16H2. The van der Waals surface area contributed by atoms with Crippen molar-refractivity contribution >= 4 is 16.6 Å². The van der Waals surface area contributed by atoms with Crippen LogP contribution in [0.2, 0.25) is 0 Å². The van der Waals surface area contributed by atoms with E-state index in [4.69, 9.17) is 5.73 Å². The summed E-state index contributed by atoms with van der Waals surface area (Å²) in [4.78, 5) is 6.90. The third kappa shape index (κ3) is 1.95. The summed E-state index contributed by atoms with van der Waals surface area (Å²) in [6.07, 6.45) is 5.65. The fraction of sp³-hybridized carbons (Fsp3) is 0.400. The number of nitrogens with zero attached hydrogens (tertiary/aromatic N) is 2. The predicted molar refractivity (Wildman–Crippen MR) is 75.8 cm³/mol. The summed E-state index contributed by atoms with van der Waals surface area (Å²) in [6, 6.07) is 10.9. The fourth-order valence-corrected chi connectivity index (χ4v) is 2.89. The lowest BCUT2D eigenvalue weighted by molar-refractivity contribution is 0.466. The Bertz CT molecular complexity index is 533. The van der Waals surface area contributed by atoms with Crippen LogP contribution in [0.3, 0.4) is 0 Å². The van der Waals surface area contributed by atoms with Crippen LogP contribution in [0.25, 0.3) is 10.9 Å². The number of anilines is 1. The van der Waals surface area contributed by atoms with Gasteiger partial charge < -0.3 is 10.6 Å². The zero-order valence-electron chi connectivity index (χ0n) is 10.5. The van der Waals surface area contributed by atoms with Gasteiger partial charge in [0.15, 0.2) is 0 Å². The topological polar surface area (TPSA) is 42.1 Å². The van der Waals surface area contributed by atoms with Crippen molar-refractivity contribution in [2.45, 2.75) is 25.3 Å². The van der Waals surface area contributed by atoms with Crippen molar-refractivity contribution in [3.8, 4) is 0 Å². The van der Waals surface area contributed by atoms with Gasteiger partial charge in [0.1, 0.15) is 0 Å². The molecule has 2 N–H and O–H groups in total. The molecule has 1 aliphatic heterocycles. The zero-order valence-corrected chi connectivity index (χ0v) is 10.5. The number of fused-ring (bicyclic) bond motifs is 1. The second-order valence-corrected chi connectivity index (χ2v) is 4.93. The number of benzene rings is 1. The highest BCUT2D eigenvalue weighted by Crippen LogP contribution is 2.30. The molecule has 0 spiro atoms. The van der Waals surface area contributed by atoms with Crippen LogP contribution >= 0.6 is 0 Å². The van der Waals surface area contributed by atoms with Crippen LogP contribution in [0.4, 0.5) is 5.69 Å². The summed E-state index contributed by atoms with van der Waals surface area (Å²) < 4.78 is 0. The van der Waals surface area contributed by atoms with Crippen molar-refractivity contribution < 1.29 is 0 Å². The molecule has 1 unspecified atom stereocenters. The highest BCUT2D eigenvalue weighted by atomic mass is 15.2. The van der Waals surface area contributed by atoms with Gasteiger partial charge in [-0.15, -0.1) is 0 Å². The Labute approximate surface area is 108 Å². The van der Waals surface area contributed by atoms with Crippen molar-refractivity contribution in [3.63, 3.8) is 0 Å². The second-order valence-electron chi connectivity index (χ2n) is 4.93. The van der Waals surface area contributed by atoms with E-state index in [0.717, 1.165) is 18.6 Å². The van der Waals surface area contributed by atoms with Crippen LogP contribution in [0.5, 0.6) is 0 Å². The SMILES string of the molecule is NCC1CCCCN1c1ccnc2ccccc12. The third-order valence-electron chi connectivity index (χ3n) is 3.83. The van der Waals surface area contributed by atoms with Crippen LogP contribution in [0.1, 0.15) is 19.3 Å². The van der Waals surface area contributed by atoms with E-state index in [1.54, 1.807) is 0 Å². The lowest BCUT2D eigenvalue weighted by Gasteiger charge is -2.37. The van der Waals surface area contributed by atoms with Gasteiger partial charge in [0.25, 0.3) is 0 Å². The average Bonchev–Trinajstić information content (AvgIpc) is 2.46. The molecule has 2 heterocycles. The average molecular weight is 241 g/mol. The van der Waals surface area contributed by atoms with Crippen molar-refractivity contribution in [2.75, 3.05) is 18.0 Å². The van der Waals surface area contributed by atoms with Crippen molar-refractivity contribution in [2.24, 2.45) is 5.73 Å². The molecular formula is C15H19N3. The maximum atomic E-state index is 5.92. The summed E-state index contributed by atoms with van der Waals surface area (Å²) >= 11 is 0. The molecule has 1 atom stereocenters. The summed E-state index contributed by atoms with van der Waals surface area (Å²) in [6.45, 7) is 1.84.